The predicted molar refractivity (Wildman–Crippen MR) is 127 cm³/mol. The highest BCUT2D eigenvalue weighted by Gasteiger charge is 2.25. The lowest BCUT2D eigenvalue weighted by atomic mass is 10.0. The molecule has 0 saturated heterocycles. The first-order chi connectivity index (χ1) is 15.7. The van der Waals surface area contributed by atoms with Crippen LogP contribution >= 0.6 is 11.3 Å². The summed E-state index contributed by atoms with van der Waals surface area (Å²) in [6.45, 7) is 8.04. The Balaban J connectivity index is 2.03. The summed E-state index contributed by atoms with van der Waals surface area (Å²) in [5.41, 5.74) is 1.44. The number of ether oxygens (including phenoxy) is 1. The number of benzene rings is 1. The van der Waals surface area contributed by atoms with Gasteiger partial charge in [-0.05, 0) is 37.0 Å². The van der Waals surface area contributed by atoms with Crippen molar-refractivity contribution in [3.8, 4) is 11.1 Å². The fraction of sp³-hybridized carbons (Fsp3) is 0.391. The minimum absolute atomic E-state index is 0.0312. The predicted octanol–water partition coefficient (Wildman–Crippen LogP) is 5.32. The molecule has 0 aliphatic carbocycles. The van der Waals surface area contributed by atoms with E-state index >= 15 is 4.39 Å². The van der Waals surface area contributed by atoms with Gasteiger partial charge in [0, 0.05) is 34.8 Å². The van der Waals surface area contributed by atoms with Gasteiger partial charge >= 0.3 is 6.09 Å². The molecule has 2 heterocycles. The van der Waals surface area contributed by atoms with E-state index in [-0.39, 0.29) is 11.6 Å². The molecule has 0 N–H and O–H groups in total. The summed E-state index contributed by atoms with van der Waals surface area (Å²) in [7, 11) is 0. The summed E-state index contributed by atoms with van der Waals surface area (Å²) >= 11 is -1.70. The summed E-state index contributed by atoms with van der Waals surface area (Å²) in [5, 5.41) is 0.187. The first-order valence-corrected chi connectivity index (χ1v) is 12.6. The molecule has 2 aromatic heterocycles. The normalized spacial score (nSPS) is 12.2. The van der Waals surface area contributed by atoms with Gasteiger partial charge in [0.25, 0.3) is 0 Å². The van der Waals surface area contributed by atoms with Crippen molar-refractivity contribution in [3.05, 3.63) is 58.7 Å². The van der Waals surface area contributed by atoms with E-state index in [4.69, 9.17) is 4.74 Å². The maximum atomic E-state index is 15.1. The summed E-state index contributed by atoms with van der Waals surface area (Å²) in [6, 6.07) is 6.61. The van der Waals surface area contributed by atoms with Gasteiger partial charge in [0.05, 0.1) is 24.4 Å². The Morgan fingerprint density at radius 1 is 1.33 bits per heavy atom. The van der Waals surface area contributed by atoms with Gasteiger partial charge in [0.2, 0.25) is 0 Å². The van der Waals surface area contributed by atoms with Crippen LogP contribution in [0.1, 0.15) is 44.0 Å². The highest BCUT2D eigenvalue weighted by atomic mass is 32.2. The van der Waals surface area contributed by atoms with E-state index in [0.29, 0.717) is 39.9 Å². The van der Waals surface area contributed by atoms with Crippen molar-refractivity contribution in [1.82, 2.24) is 9.55 Å². The van der Waals surface area contributed by atoms with Gasteiger partial charge in [-0.2, -0.15) is 4.31 Å². The van der Waals surface area contributed by atoms with Crippen LogP contribution in [0.3, 0.4) is 0 Å². The van der Waals surface area contributed by atoms with Gasteiger partial charge in [-0.3, -0.25) is 4.21 Å². The maximum Gasteiger partial charge on any atom is 0.426 e. The van der Waals surface area contributed by atoms with Gasteiger partial charge < -0.3 is 13.9 Å². The molecule has 1 atom stereocenters. The molecule has 3 aromatic rings. The monoisotopic (exact) mass is 492 g/mol. The molecule has 0 aliphatic heterocycles. The van der Waals surface area contributed by atoms with Crippen molar-refractivity contribution >= 4 is 33.7 Å². The second kappa shape index (κ2) is 11.0. The number of carbonyl (C=O) groups excluding carboxylic acids is 1. The molecular weight excluding hydrogens is 465 g/mol. The number of nitrogens with zero attached hydrogens (tertiary/aromatic N) is 3. The first kappa shape index (κ1) is 25.1. The Morgan fingerprint density at radius 3 is 2.70 bits per heavy atom. The van der Waals surface area contributed by atoms with Crippen LogP contribution in [0.2, 0.25) is 0 Å². The Labute approximate surface area is 199 Å². The Morgan fingerprint density at radius 2 is 2.09 bits per heavy atom. The molecule has 0 radical (unpaired) electrons. The SMILES string of the molecule is CCOC(=O)N(c1sc(CC(C)C)cc1-c1ccc(Cn2ccnc2CC)c(F)c1)S(=O)[O-]. The zero-order chi connectivity index (χ0) is 24.1. The molecule has 33 heavy (non-hydrogen) atoms. The number of hydrogen-bond acceptors (Lipinski definition) is 6. The molecule has 7 nitrogen and oxygen atoms in total. The number of thiophene rings is 1. The molecule has 10 heteroatoms. The highest BCUT2D eigenvalue weighted by molar-refractivity contribution is 7.81. The maximum absolute atomic E-state index is 15.1. The second-order valence-electron chi connectivity index (χ2n) is 7.87. The van der Waals surface area contributed by atoms with Crippen molar-refractivity contribution in [2.24, 2.45) is 5.92 Å². The minimum Gasteiger partial charge on any atom is -0.755 e. The first-order valence-electron chi connectivity index (χ1n) is 10.7. The largest absolute Gasteiger partial charge is 0.755 e. The van der Waals surface area contributed by atoms with Crippen molar-refractivity contribution in [1.29, 1.82) is 0 Å². The van der Waals surface area contributed by atoms with Crippen LogP contribution in [0.5, 0.6) is 0 Å². The fourth-order valence-electron chi connectivity index (χ4n) is 3.51. The lowest BCUT2D eigenvalue weighted by Gasteiger charge is -2.23. The van der Waals surface area contributed by atoms with Crippen LogP contribution in [-0.4, -0.2) is 31.0 Å². The van der Waals surface area contributed by atoms with E-state index in [1.165, 1.54) is 17.4 Å². The summed E-state index contributed by atoms with van der Waals surface area (Å²) in [6.07, 6.45) is 3.93. The lowest BCUT2D eigenvalue weighted by molar-refractivity contribution is 0.164. The second-order valence-corrected chi connectivity index (χ2v) is 9.79. The molecule has 3 rings (SSSR count). The molecule has 0 bridgehead atoms. The van der Waals surface area contributed by atoms with E-state index in [2.05, 4.69) is 4.98 Å². The van der Waals surface area contributed by atoms with Gasteiger partial charge in [0.1, 0.15) is 16.6 Å². The Bertz CT molecular complexity index is 1140. The van der Waals surface area contributed by atoms with Gasteiger partial charge in [-0.15, -0.1) is 11.3 Å². The van der Waals surface area contributed by atoms with E-state index in [9.17, 15) is 13.6 Å². The lowest BCUT2D eigenvalue weighted by Crippen LogP contribution is -2.32. The molecule has 1 amide bonds. The Kier molecular flexibility index (Phi) is 8.39. The third-order valence-electron chi connectivity index (χ3n) is 4.96. The van der Waals surface area contributed by atoms with Crippen LogP contribution in [0.4, 0.5) is 14.2 Å². The Hall–Kier alpha value is -2.56. The number of hydrogen-bond donors (Lipinski definition) is 0. The number of aryl methyl sites for hydroxylation is 1. The van der Waals surface area contributed by atoms with Crippen LogP contribution in [0.25, 0.3) is 11.1 Å². The standard InChI is InChI=1S/C23H28FN3O4S2/c1-5-21-25-9-10-26(21)14-17-8-7-16(12-20(17)24)19-13-18(11-15(3)4)32-22(19)27(33(29)30)23(28)31-6-2/h7-10,12-13,15H,5-6,11,14H2,1-4H3,(H,29,30)/p-1. The molecule has 0 fully saturated rings. The number of carbonyl (C=O) groups is 1. The molecule has 0 aliphatic rings. The van der Waals surface area contributed by atoms with E-state index in [1.54, 1.807) is 25.3 Å². The van der Waals surface area contributed by atoms with Crippen LogP contribution in [0.15, 0.2) is 36.7 Å². The van der Waals surface area contributed by atoms with Gasteiger partial charge in [-0.1, -0.05) is 32.9 Å². The minimum atomic E-state index is -2.89. The molecule has 1 unspecified atom stereocenters. The molecule has 0 saturated carbocycles. The van der Waals surface area contributed by atoms with Crippen molar-refractivity contribution in [3.63, 3.8) is 0 Å². The van der Waals surface area contributed by atoms with Crippen LogP contribution in [0, 0.1) is 11.7 Å². The van der Waals surface area contributed by atoms with E-state index in [1.807, 2.05) is 37.6 Å². The van der Waals surface area contributed by atoms with E-state index in [0.717, 1.165) is 17.1 Å². The average Bonchev–Trinajstić information content (AvgIpc) is 3.36. The molecule has 1 aromatic carbocycles. The number of amides is 1. The fourth-order valence-corrected chi connectivity index (χ4v) is 5.50. The van der Waals surface area contributed by atoms with Gasteiger partial charge in [0.15, 0.2) is 0 Å². The summed E-state index contributed by atoms with van der Waals surface area (Å²) in [5.74, 6) is 0.761. The number of rotatable bonds is 9. The smallest absolute Gasteiger partial charge is 0.426 e. The molecule has 178 valence electrons. The summed E-state index contributed by atoms with van der Waals surface area (Å²) in [4.78, 5) is 17.6. The quantitative estimate of drug-likeness (QED) is 0.378. The zero-order valence-electron chi connectivity index (χ0n) is 19.0. The van der Waals surface area contributed by atoms with Gasteiger partial charge in [-0.25, -0.2) is 14.2 Å². The number of imidazole rings is 1. The third kappa shape index (κ3) is 5.87. The number of aromatic nitrogens is 2. The number of halogens is 1. The highest BCUT2D eigenvalue weighted by Crippen LogP contribution is 2.41. The average molecular weight is 493 g/mol. The summed E-state index contributed by atoms with van der Waals surface area (Å²) < 4.78 is 46.4. The van der Waals surface area contributed by atoms with E-state index < -0.39 is 23.2 Å². The zero-order valence-corrected chi connectivity index (χ0v) is 20.7. The molecule has 0 spiro atoms. The van der Waals surface area contributed by atoms with Crippen molar-refractivity contribution in [2.45, 2.75) is 47.1 Å². The number of anilines is 1. The topological polar surface area (TPSA) is 87.5 Å². The molecular formula is C23H27FN3O4S2-. The van der Waals surface area contributed by atoms with Crippen LogP contribution in [-0.2, 0) is 35.4 Å². The van der Waals surface area contributed by atoms with Crippen molar-refractivity contribution in [2.75, 3.05) is 10.9 Å². The van der Waals surface area contributed by atoms with Crippen LogP contribution < -0.4 is 4.31 Å². The van der Waals surface area contributed by atoms with Crippen molar-refractivity contribution < 1.29 is 22.7 Å². The third-order valence-corrected chi connectivity index (χ3v) is 6.85.